The summed E-state index contributed by atoms with van der Waals surface area (Å²) in [4.78, 5) is 44.6. The number of hydrogen-bond acceptors (Lipinski definition) is 5. The molecule has 3 atom stereocenters. The maximum atomic E-state index is 11.8. The molecule has 124 valence electrons. The minimum atomic E-state index is -1.37. The van der Waals surface area contributed by atoms with Gasteiger partial charge in [0, 0.05) is 12.2 Å². The molecule has 9 heteroatoms. The fraction of sp³-hybridized carbons (Fsp3) is 0.538. The second-order valence-corrected chi connectivity index (χ2v) is 4.87. The van der Waals surface area contributed by atoms with Crippen molar-refractivity contribution in [2.45, 2.75) is 32.4 Å². The predicted molar refractivity (Wildman–Crippen MR) is 74.4 cm³/mol. The van der Waals surface area contributed by atoms with E-state index in [0.717, 1.165) is 12.2 Å². The lowest BCUT2D eigenvalue weighted by molar-refractivity contribution is -0.401. The lowest BCUT2D eigenvalue weighted by Gasteiger charge is -2.25. The number of carboxylic acids is 1. The maximum Gasteiger partial charge on any atom is 0.280 e. The zero-order valence-corrected chi connectivity index (χ0v) is 12.6. The molecule has 0 aliphatic carbocycles. The van der Waals surface area contributed by atoms with E-state index in [4.69, 9.17) is 5.73 Å². The summed E-state index contributed by atoms with van der Waals surface area (Å²) in [6.45, 7) is 3.35. The molecule has 0 saturated carbocycles. The van der Waals surface area contributed by atoms with Gasteiger partial charge in [-0.3, -0.25) is 14.4 Å². The van der Waals surface area contributed by atoms with Crippen molar-refractivity contribution in [1.29, 1.82) is 0 Å². The topological polar surface area (TPSA) is 169 Å². The van der Waals surface area contributed by atoms with E-state index in [2.05, 4.69) is 16.4 Å². The molecule has 0 aliphatic heterocycles. The number of aliphatic carboxylic acids is 1. The van der Waals surface area contributed by atoms with Crippen molar-refractivity contribution in [1.82, 2.24) is 10.6 Å². The van der Waals surface area contributed by atoms with Crippen molar-refractivity contribution in [3.05, 3.63) is 12.2 Å². The van der Waals surface area contributed by atoms with Crippen molar-refractivity contribution < 1.29 is 30.0 Å². The predicted octanol–water partition coefficient (Wildman–Crippen LogP) is -3.96. The fourth-order valence-corrected chi connectivity index (χ4v) is 1.47. The Labute approximate surface area is 128 Å². The van der Waals surface area contributed by atoms with Crippen LogP contribution in [0.4, 0.5) is 0 Å². The number of hydrogen-bond donors (Lipinski definition) is 4. The summed E-state index contributed by atoms with van der Waals surface area (Å²) in [7, 11) is 0. The van der Waals surface area contributed by atoms with E-state index in [1.54, 1.807) is 13.8 Å². The van der Waals surface area contributed by atoms with Gasteiger partial charge in [0.15, 0.2) is 6.04 Å². The van der Waals surface area contributed by atoms with E-state index in [9.17, 15) is 24.3 Å². The monoisotopic (exact) mass is 314 g/mol. The molecule has 0 bridgehead atoms. The third kappa shape index (κ3) is 7.39. The van der Waals surface area contributed by atoms with Crippen LogP contribution < -0.4 is 27.2 Å². The number of carbonyl (C=O) groups is 4. The molecular weight excluding hydrogens is 292 g/mol. The minimum absolute atomic E-state index is 0.117. The molecule has 0 saturated heterocycles. The number of rotatable bonds is 9. The highest BCUT2D eigenvalue weighted by atomic mass is 16.4. The van der Waals surface area contributed by atoms with Gasteiger partial charge in [-0.1, -0.05) is 20.3 Å². The maximum absolute atomic E-state index is 11.8. The number of carbonyl (C=O) groups excluding carboxylic acids is 4. The van der Waals surface area contributed by atoms with Gasteiger partial charge in [-0.2, -0.15) is 0 Å². The van der Waals surface area contributed by atoms with Gasteiger partial charge in [-0.25, -0.2) is 0 Å². The minimum Gasteiger partial charge on any atom is -0.548 e. The van der Waals surface area contributed by atoms with Crippen molar-refractivity contribution in [2.75, 3.05) is 6.54 Å². The highest BCUT2D eigenvalue weighted by Gasteiger charge is 2.24. The molecule has 0 aromatic carbocycles. The molecular formula is C13H22N4O5. The summed E-state index contributed by atoms with van der Waals surface area (Å²) in [6, 6.07) is -2.01. The first-order valence-electron chi connectivity index (χ1n) is 6.78. The van der Waals surface area contributed by atoms with Crippen molar-refractivity contribution in [2.24, 2.45) is 11.7 Å². The lowest BCUT2D eigenvalue weighted by Crippen LogP contribution is -2.72. The Balaban J connectivity index is 4.45. The Morgan fingerprint density at radius 3 is 2.32 bits per heavy atom. The van der Waals surface area contributed by atoms with Crippen LogP contribution in [0.2, 0.25) is 0 Å². The van der Waals surface area contributed by atoms with Crippen molar-refractivity contribution in [3.8, 4) is 0 Å². The average Bonchev–Trinajstić information content (AvgIpc) is 2.46. The summed E-state index contributed by atoms with van der Waals surface area (Å²) >= 11 is 0. The van der Waals surface area contributed by atoms with E-state index < -0.39 is 35.8 Å². The lowest BCUT2D eigenvalue weighted by atomic mass is 9.99. The molecule has 0 aromatic rings. The number of amides is 3. The van der Waals surface area contributed by atoms with Crippen LogP contribution in [-0.2, 0) is 19.2 Å². The van der Waals surface area contributed by atoms with Gasteiger partial charge in [0.2, 0.25) is 11.8 Å². The quantitative estimate of drug-likeness (QED) is 0.318. The van der Waals surface area contributed by atoms with Gasteiger partial charge in [-0.15, -0.1) is 0 Å². The summed E-state index contributed by atoms with van der Waals surface area (Å²) in [5, 5.41) is 15.7. The van der Waals surface area contributed by atoms with E-state index in [1.807, 2.05) is 0 Å². The van der Waals surface area contributed by atoms with Gasteiger partial charge in [0.25, 0.3) is 5.91 Å². The summed E-state index contributed by atoms with van der Waals surface area (Å²) in [6.07, 6.45) is 2.36. The fourth-order valence-electron chi connectivity index (χ4n) is 1.47. The molecule has 0 fully saturated rings. The van der Waals surface area contributed by atoms with Crippen LogP contribution in [0.1, 0.15) is 20.3 Å². The third-order valence-corrected chi connectivity index (χ3v) is 3.06. The Hall–Kier alpha value is -2.42. The van der Waals surface area contributed by atoms with Gasteiger partial charge in [0.1, 0.15) is 0 Å². The van der Waals surface area contributed by atoms with Crippen LogP contribution in [0.25, 0.3) is 0 Å². The molecule has 7 N–H and O–H groups in total. The van der Waals surface area contributed by atoms with Crippen LogP contribution in [0.15, 0.2) is 12.2 Å². The van der Waals surface area contributed by atoms with Crippen LogP contribution in [0.3, 0.4) is 0 Å². The second-order valence-electron chi connectivity index (χ2n) is 4.87. The van der Waals surface area contributed by atoms with Crippen molar-refractivity contribution in [3.63, 3.8) is 0 Å². The Morgan fingerprint density at radius 2 is 1.86 bits per heavy atom. The highest BCUT2D eigenvalue weighted by molar-refractivity contribution is 5.96. The molecule has 9 nitrogen and oxygen atoms in total. The van der Waals surface area contributed by atoms with Crippen LogP contribution in [0, 0.1) is 5.92 Å². The Bertz CT molecular complexity index is 463. The number of carboxylic acid groups (broad SMARTS) is 1. The molecule has 0 aliphatic rings. The number of nitrogens with two attached hydrogens (primary N) is 1. The van der Waals surface area contributed by atoms with E-state index >= 15 is 0 Å². The number of primary amides is 1. The molecule has 0 aromatic heterocycles. The number of nitrogens with one attached hydrogen (secondary N) is 2. The van der Waals surface area contributed by atoms with E-state index in [0.29, 0.717) is 6.42 Å². The summed E-state index contributed by atoms with van der Waals surface area (Å²) in [5.74, 6) is -3.67. The second kappa shape index (κ2) is 9.50. The first-order valence-corrected chi connectivity index (χ1v) is 6.78. The molecule has 0 rings (SSSR count). The van der Waals surface area contributed by atoms with Crippen LogP contribution >= 0.6 is 0 Å². The third-order valence-electron chi connectivity index (χ3n) is 3.06. The standard InChI is InChI=1S/C13H22N4O5/c1-3-7(2)11(13(21)22)17-12(20)8(14)6-16-10(19)5-4-9(15)18/h4-5,7-8,11H,3,6,14H2,1-2H3,(H2,15,18)(H,16,19)(H,17,20)(H,21,22)/b5-4+/t7-,8-,11-/m0/s1. The summed E-state index contributed by atoms with van der Waals surface area (Å²) in [5.41, 5.74) is 8.37. The molecule has 0 spiro atoms. The molecule has 0 unspecified atom stereocenters. The molecule has 0 radical (unpaired) electrons. The Morgan fingerprint density at radius 1 is 1.27 bits per heavy atom. The normalized spacial score (nSPS) is 14.9. The van der Waals surface area contributed by atoms with E-state index in [-0.39, 0.29) is 12.5 Å². The van der Waals surface area contributed by atoms with Gasteiger partial charge in [0.05, 0.1) is 18.6 Å². The first-order chi connectivity index (χ1) is 10.2. The zero-order chi connectivity index (χ0) is 17.3. The van der Waals surface area contributed by atoms with E-state index in [1.165, 1.54) is 0 Å². The molecule has 22 heavy (non-hydrogen) atoms. The van der Waals surface area contributed by atoms with Crippen LogP contribution in [-0.4, -0.2) is 42.3 Å². The first kappa shape index (κ1) is 19.6. The largest absolute Gasteiger partial charge is 0.548 e. The Kier molecular flexibility index (Phi) is 8.46. The highest BCUT2D eigenvalue weighted by Crippen LogP contribution is 2.06. The SMILES string of the molecule is CC[C@H](C)[C@H](NC(=O)[C@@H]([NH3+])CNC(=O)/C=C/C(N)=O)C(=O)[O-]. The average molecular weight is 314 g/mol. The number of quaternary nitrogens is 1. The van der Waals surface area contributed by atoms with Crippen molar-refractivity contribution >= 4 is 23.7 Å². The molecule has 0 heterocycles. The van der Waals surface area contributed by atoms with Gasteiger partial charge >= 0.3 is 0 Å². The summed E-state index contributed by atoms with van der Waals surface area (Å²) < 4.78 is 0. The van der Waals surface area contributed by atoms with Gasteiger partial charge < -0.3 is 32.0 Å². The zero-order valence-electron chi connectivity index (χ0n) is 12.6. The van der Waals surface area contributed by atoms with Crippen LogP contribution in [0.5, 0.6) is 0 Å². The van der Waals surface area contributed by atoms with Gasteiger partial charge in [-0.05, 0) is 5.92 Å². The molecule has 3 amide bonds. The smallest absolute Gasteiger partial charge is 0.280 e.